The number of ether oxygens (including phenoxy) is 1. The fraction of sp³-hybridized carbons (Fsp3) is 0.741. The summed E-state index contributed by atoms with van der Waals surface area (Å²) in [5.41, 5.74) is 3.29. The van der Waals surface area contributed by atoms with Gasteiger partial charge in [-0.1, -0.05) is 45.0 Å². The summed E-state index contributed by atoms with van der Waals surface area (Å²) in [6, 6.07) is 8.98. The van der Waals surface area contributed by atoms with Crippen molar-refractivity contribution in [2.75, 3.05) is 26.2 Å². The molecular formula is C27H44N2O2. The van der Waals surface area contributed by atoms with Gasteiger partial charge in [-0.05, 0) is 94.5 Å². The van der Waals surface area contributed by atoms with Crippen LogP contribution < -0.4 is 5.32 Å². The van der Waals surface area contributed by atoms with E-state index in [1.54, 1.807) is 0 Å². The van der Waals surface area contributed by atoms with E-state index in [1.807, 2.05) is 20.8 Å². The van der Waals surface area contributed by atoms with Crippen molar-refractivity contribution >= 4 is 5.91 Å². The van der Waals surface area contributed by atoms with Crippen LogP contribution in [0.5, 0.6) is 0 Å². The van der Waals surface area contributed by atoms with Crippen LogP contribution >= 0.6 is 0 Å². The van der Waals surface area contributed by atoms with Crippen LogP contribution in [0, 0.1) is 5.41 Å². The summed E-state index contributed by atoms with van der Waals surface area (Å²) >= 11 is 0. The van der Waals surface area contributed by atoms with E-state index >= 15 is 0 Å². The number of hydrogen-bond donors (Lipinski definition) is 1. The molecule has 4 nitrogen and oxygen atoms in total. The molecule has 1 saturated heterocycles. The van der Waals surface area contributed by atoms with Crippen molar-refractivity contribution in [1.29, 1.82) is 0 Å². The average molecular weight is 429 g/mol. The van der Waals surface area contributed by atoms with Crippen LogP contribution in [0.2, 0.25) is 0 Å². The molecule has 1 aromatic rings. The Hall–Kier alpha value is -1.39. The van der Waals surface area contributed by atoms with Crippen LogP contribution in [0.4, 0.5) is 0 Å². The molecule has 1 aliphatic carbocycles. The third-order valence-electron chi connectivity index (χ3n) is 7.01. The Morgan fingerprint density at radius 1 is 1.10 bits per heavy atom. The third kappa shape index (κ3) is 6.79. The summed E-state index contributed by atoms with van der Waals surface area (Å²) in [6.45, 7) is 17.1. The lowest BCUT2D eigenvalue weighted by Gasteiger charge is -2.47. The average Bonchev–Trinajstić information content (AvgIpc) is 2.68. The van der Waals surface area contributed by atoms with Crippen molar-refractivity contribution < 1.29 is 9.53 Å². The Kier molecular flexibility index (Phi) is 7.53. The van der Waals surface area contributed by atoms with E-state index in [0.29, 0.717) is 18.4 Å². The highest BCUT2D eigenvalue weighted by atomic mass is 16.5. The van der Waals surface area contributed by atoms with Gasteiger partial charge in [0.2, 0.25) is 5.91 Å². The van der Waals surface area contributed by atoms with E-state index in [2.05, 4.69) is 55.3 Å². The van der Waals surface area contributed by atoms with Gasteiger partial charge in [0.15, 0.2) is 0 Å². The number of carbonyl (C=O) groups excluding carboxylic acids is 1. The number of benzene rings is 1. The maximum Gasteiger partial charge on any atom is 0.222 e. The van der Waals surface area contributed by atoms with Gasteiger partial charge in [0.25, 0.3) is 0 Å². The second-order valence-electron chi connectivity index (χ2n) is 11.9. The largest absolute Gasteiger partial charge is 0.375 e. The monoisotopic (exact) mass is 428 g/mol. The molecule has 1 N–H and O–H groups in total. The third-order valence-corrected chi connectivity index (χ3v) is 7.01. The fourth-order valence-corrected chi connectivity index (χ4v) is 5.08. The SMILES string of the molecule is CC(C)(C)CCN1CCC2(CC[C@H](NC(=O)CCOC(C)(C)C)c3ccccc32)CC1. The first-order valence-corrected chi connectivity index (χ1v) is 12.2. The summed E-state index contributed by atoms with van der Waals surface area (Å²) in [5, 5.41) is 3.30. The van der Waals surface area contributed by atoms with Gasteiger partial charge in [-0.3, -0.25) is 4.79 Å². The van der Waals surface area contributed by atoms with E-state index in [-0.39, 0.29) is 23.0 Å². The molecule has 174 valence electrons. The number of nitrogens with zero attached hydrogens (tertiary/aromatic N) is 1. The maximum atomic E-state index is 12.6. The van der Waals surface area contributed by atoms with Gasteiger partial charge in [0.05, 0.1) is 24.7 Å². The molecule has 1 aromatic carbocycles. The minimum absolute atomic E-state index is 0.0944. The molecule has 1 fully saturated rings. The molecule has 0 unspecified atom stereocenters. The van der Waals surface area contributed by atoms with Crippen LogP contribution in [0.15, 0.2) is 24.3 Å². The molecule has 1 aliphatic heterocycles. The Morgan fingerprint density at radius 2 is 1.77 bits per heavy atom. The molecular weight excluding hydrogens is 384 g/mol. The number of amides is 1. The van der Waals surface area contributed by atoms with Crippen LogP contribution in [0.1, 0.15) is 97.2 Å². The zero-order chi connectivity index (χ0) is 22.7. The van der Waals surface area contributed by atoms with E-state index in [4.69, 9.17) is 4.74 Å². The number of carbonyl (C=O) groups is 1. The summed E-state index contributed by atoms with van der Waals surface area (Å²) < 4.78 is 5.73. The Labute approximate surface area is 190 Å². The number of fused-ring (bicyclic) bond motifs is 2. The quantitative estimate of drug-likeness (QED) is 0.640. The van der Waals surface area contributed by atoms with Crippen molar-refractivity contribution in [3.05, 3.63) is 35.4 Å². The van der Waals surface area contributed by atoms with Crippen molar-refractivity contribution in [1.82, 2.24) is 10.2 Å². The molecule has 3 rings (SSSR count). The Bertz CT molecular complexity index is 736. The van der Waals surface area contributed by atoms with E-state index < -0.39 is 0 Å². The Morgan fingerprint density at radius 3 is 2.42 bits per heavy atom. The zero-order valence-corrected chi connectivity index (χ0v) is 20.7. The maximum absolute atomic E-state index is 12.6. The van der Waals surface area contributed by atoms with Gasteiger partial charge in [-0.15, -0.1) is 0 Å². The predicted octanol–water partition coefficient (Wildman–Crippen LogP) is 5.61. The molecule has 31 heavy (non-hydrogen) atoms. The zero-order valence-electron chi connectivity index (χ0n) is 20.7. The van der Waals surface area contributed by atoms with Crippen LogP contribution in [0.25, 0.3) is 0 Å². The highest BCUT2D eigenvalue weighted by molar-refractivity contribution is 5.76. The minimum Gasteiger partial charge on any atom is -0.375 e. The van der Waals surface area contributed by atoms with Gasteiger partial charge in [0.1, 0.15) is 0 Å². The van der Waals surface area contributed by atoms with Crippen LogP contribution in [-0.4, -0.2) is 42.6 Å². The highest BCUT2D eigenvalue weighted by Crippen LogP contribution is 2.48. The summed E-state index contributed by atoms with van der Waals surface area (Å²) in [5.74, 6) is 0.0944. The molecule has 0 saturated carbocycles. The lowest BCUT2D eigenvalue weighted by Crippen LogP contribution is -2.46. The topological polar surface area (TPSA) is 41.6 Å². The molecule has 0 radical (unpaired) electrons. The predicted molar refractivity (Wildman–Crippen MR) is 128 cm³/mol. The summed E-state index contributed by atoms with van der Waals surface area (Å²) in [7, 11) is 0. The van der Waals surface area contributed by atoms with Gasteiger partial charge in [-0.2, -0.15) is 0 Å². The molecule has 1 atom stereocenters. The molecule has 1 spiro atoms. The summed E-state index contributed by atoms with van der Waals surface area (Å²) in [4.78, 5) is 15.2. The molecule has 0 aromatic heterocycles. The second kappa shape index (κ2) is 9.62. The minimum atomic E-state index is -0.203. The van der Waals surface area contributed by atoms with E-state index in [9.17, 15) is 4.79 Å². The highest BCUT2D eigenvalue weighted by Gasteiger charge is 2.42. The Balaban J connectivity index is 1.61. The number of likely N-dealkylation sites (tertiary alicyclic amines) is 1. The number of piperidine rings is 1. The molecule has 0 bridgehead atoms. The van der Waals surface area contributed by atoms with Crippen molar-refractivity contribution in [2.45, 2.75) is 97.1 Å². The lowest BCUT2D eigenvalue weighted by atomic mass is 9.63. The first kappa shape index (κ1) is 24.3. The first-order chi connectivity index (χ1) is 14.5. The smallest absolute Gasteiger partial charge is 0.222 e. The normalized spacial score (nSPS) is 21.7. The van der Waals surface area contributed by atoms with Gasteiger partial charge in [0, 0.05) is 0 Å². The van der Waals surface area contributed by atoms with Crippen LogP contribution in [-0.2, 0) is 14.9 Å². The van der Waals surface area contributed by atoms with Gasteiger partial charge < -0.3 is 15.0 Å². The first-order valence-electron chi connectivity index (χ1n) is 12.2. The second-order valence-corrected chi connectivity index (χ2v) is 11.9. The van der Waals surface area contributed by atoms with E-state index in [0.717, 1.165) is 6.42 Å². The molecule has 1 heterocycles. The van der Waals surface area contributed by atoms with Crippen LogP contribution in [0.3, 0.4) is 0 Å². The standard InChI is InChI=1S/C27H44N2O2/c1-25(2,3)14-17-29-18-15-27(16-19-29)13-11-23(21-9-7-8-10-22(21)27)28-24(30)12-20-31-26(4,5)6/h7-10,23H,11-20H2,1-6H3,(H,28,30)/t23-/m0/s1. The van der Waals surface area contributed by atoms with Gasteiger partial charge in [-0.25, -0.2) is 0 Å². The molecule has 4 heteroatoms. The molecule has 1 amide bonds. The fourth-order valence-electron chi connectivity index (χ4n) is 5.08. The van der Waals surface area contributed by atoms with Crippen molar-refractivity contribution in [2.24, 2.45) is 5.41 Å². The van der Waals surface area contributed by atoms with Gasteiger partial charge >= 0.3 is 0 Å². The van der Waals surface area contributed by atoms with Crippen molar-refractivity contribution in [3.63, 3.8) is 0 Å². The lowest BCUT2D eigenvalue weighted by molar-refractivity contribution is -0.124. The summed E-state index contributed by atoms with van der Waals surface area (Å²) in [6.07, 6.45) is 6.33. The van der Waals surface area contributed by atoms with Crippen molar-refractivity contribution in [3.8, 4) is 0 Å². The number of nitrogens with one attached hydrogen (secondary N) is 1. The van der Waals surface area contributed by atoms with E-state index in [1.165, 1.54) is 56.4 Å². The number of hydrogen-bond acceptors (Lipinski definition) is 3. The number of rotatable bonds is 6. The molecule has 2 aliphatic rings.